The summed E-state index contributed by atoms with van der Waals surface area (Å²) in [7, 11) is 0. The SMILES string of the molecule is CCOC(=O)c1ccc(N2CCN(C(=O)Cc3c(Cl)cccc3Cl)CC2)nc1. The molecule has 0 spiro atoms. The van der Waals surface area contributed by atoms with Gasteiger partial charge in [-0.2, -0.15) is 0 Å². The van der Waals surface area contributed by atoms with Crippen molar-refractivity contribution in [2.45, 2.75) is 13.3 Å². The first-order valence-electron chi connectivity index (χ1n) is 9.08. The zero-order chi connectivity index (χ0) is 20.1. The zero-order valence-electron chi connectivity index (χ0n) is 15.5. The molecule has 0 atom stereocenters. The molecule has 1 aliphatic rings. The monoisotopic (exact) mass is 421 g/mol. The van der Waals surface area contributed by atoms with Gasteiger partial charge in [0.2, 0.25) is 5.91 Å². The molecule has 6 nitrogen and oxygen atoms in total. The number of aromatic nitrogens is 1. The van der Waals surface area contributed by atoms with E-state index in [-0.39, 0.29) is 18.3 Å². The highest BCUT2D eigenvalue weighted by Gasteiger charge is 2.23. The van der Waals surface area contributed by atoms with Crippen molar-refractivity contribution in [1.82, 2.24) is 9.88 Å². The number of anilines is 1. The van der Waals surface area contributed by atoms with Crippen LogP contribution in [0.5, 0.6) is 0 Å². The summed E-state index contributed by atoms with van der Waals surface area (Å²) in [5.41, 5.74) is 1.09. The molecule has 1 aromatic carbocycles. The van der Waals surface area contributed by atoms with Crippen LogP contribution < -0.4 is 4.90 Å². The van der Waals surface area contributed by atoms with E-state index in [0.717, 1.165) is 5.82 Å². The van der Waals surface area contributed by atoms with Crippen LogP contribution >= 0.6 is 23.2 Å². The van der Waals surface area contributed by atoms with E-state index in [1.807, 2.05) is 4.90 Å². The fraction of sp³-hybridized carbons (Fsp3) is 0.350. The summed E-state index contributed by atoms with van der Waals surface area (Å²) >= 11 is 12.3. The van der Waals surface area contributed by atoms with Gasteiger partial charge in [0.25, 0.3) is 0 Å². The van der Waals surface area contributed by atoms with Gasteiger partial charge < -0.3 is 14.5 Å². The van der Waals surface area contributed by atoms with E-state index in [9.17, 15) is 9.59 Å². The minimum absolute atomic E-state index is 0.000248. The first-order chi connectivity index (χ1) is 13.5. The van der Waals surface area contributed by atoms with E-state index in [1.54, 1.807) is 37.3 Å². The van der Waals surface area contributed by atoms with Gasteiger partial charge in [-0.25, -0.2) is 9.78 Å². The van der Waals surface area contributed by atoms with Crippen molar-refractivity contribution in [3.05, 3.63) is 57.7 Å². The number of pyridine rings is 1. The van der Waals surface area contributed by atoms with E-state index in [2.05, 4.69) is 9.88 Å². The lowest BCUT2D eigenvalue weighted by Crippen LogP contribution is -2.49. The third-order valence-electron chi connectivity index (χ3n) is 4.61. The number of halogens is 2. The number of hydrogen-bond acceptors (Lipinski definition) is 5. The number of nitrogens with zero attached hydrogens (tertiary/aromatic N) is 3. The number of hydrogen-bond donors (Lipinski definition) is 0. The molecule has 1 aromatic heterocycles. The number of esters is 1. The summed E-state index contributed by atoms with van der Waals surface area (Å²) in [4.78, 5) is 32.6. The predicted molar refractivity (Wildman–Crippen MR) is 109 cm³/mol. The van der Waals surface area contributed by atoms with Crippen molar-refractivity contribution >= 4 is 40.9 Å². The minimum Gasteiger partial charge on any atom is -0.462 e. The van der Waals surface area contributed by atoms with Crippen molar-refractivity contribution in [2.75, 3.05) is 37.7 Å². The number of carbonyl (C=O) groups excluding carboxylic acids is 2. The summed E-state index contributed by atoms with van der Waals surface area (Å²) in [5, 5.41) is 1.01. The molecule has 28 heavy (non-hydrogen) atoms. The quantitative estimate of drug-likeness (QED) is 0.691. The molecule has 0 saturated carbocycles. The first-order valence-corrected chi connectivity index (χ1v) is 9.84. The van der Waals surface area contributed by atoms with Gasteiger partial charge in [0.15, 0.2) is 0 Å². The number of amides is 1. The Kier molecular flexibility index (Phi) is 6.75. The third-order valence-corrected chi connectivity index (χ3v) is 5.31. The number of carbonyl (C=O) groups is 2. The Balaban J connectivity index is 1.57. The molecular formula is C20H21Cl2N3O3. The topological polar surface area (TPSA) is 62.7 Å². The fourth-order valence-electron chi connectivity index (χ4n) is 3.06. The van der Waals surface area contributed by atoms with Crippen LogP contribution in [0.2, 0.25) is 10.0 Å². The second-order valence-electron chi connectivity index (χ2n) is 6.37. The molecule has 1 aliphatic heterocycles. The molecule has 1 amide bonds. The number of ether oxygens (including phenoxy) is 1. The lowest BCUT2D eigenvalue weighted by Gasteiger charge is -2.35. The van der Waals surface area contributed by atoms with Crippen molar-refractivity contribution in [2.24, 2.45) is 0 Å². The molecule has 0 radical (unpaired) electrons. The van der Waals surface area contributed by atoms with E-state index in [0.29, 0.717) is 54.0 Å². The molecule has 0 aliphatic carbocycles. The van der Waals surface area contributed by atoms with Crippen LogP contribution in [0.4, 0.5) is 5.82 Å². The summed E-state index contributed by atoms with van der Waals surface area (Å²) < 4.78 is 4.96. The summed E-state index contributed by atoms with van der Waals surface area (Å²) in [6, 6.07) is 8.74. The molecule has 8 heteroatoms. The molecule has 0 bridgehead atoms. The largest absolute Gasteiger partial charge is 0.462 e. The maximum absolute atomic E-state index is 12.6. The van der Waals surface area contributed by atoms with Crippen LogP contribution in [0.3, 0.4) is 0 Å². The highest BCUT2D eigenvalue weighted by atomic mass is 35.5. The Morgan fingerprint density at radius 1 is 1.07 bits per heavy atom. The second kappa shape index (κ2) is 9.26. The number of benzene rings is 1. The average Bonchev–Trinajstić information content (AvgIpc) is 2.71. The maximum Gasteiger partial charge on any atom is 0.339 e. The van der Waals surface area contributed by atoms with Gasteiger partial charge in [-0.15, -0.1) is 0 Å². The lowest BCUT2D eigenvalue weighted by atomic mass is 10.1. The van der Waals surface area contributed by atoms with Crippen LogP contribution in [-0.2, 0) is 16.0 Å². The van der Waals surface area contributed by atoms with E-state index < -0.39 is 0 Å². The van der Waals surface area contributed by atoms with Gasteiger partial charge in [-0.1, -0.05) is 29.3 Å². The summed E-state index contributed by atoms with van der Waals surface area (Å²) in [6.45, 7) is 4.59. The Morgan fingerprint density at radius 3 is 2.32 bits per heavy atom. The van der Waals surface area contributed by atoms with Crippen LogP contribution in [-0.4, -0.2) is 54.5 Å². The maximum atomic E-state index is 12.6. The Labute approximate surface area is 174 Å². The van der Waals surface area contributed by atoms with E-state index in [1.165, 1.54) is 6.20 Å². The second-order valence-corrected chi connectivity index (χ2v) is 7.18. The highest BCUT2D eigenvalue weighted by molar-refractivity contribution is 6.36. The average molecular weight is 422 g/mol. The molecule has 148 valence electrons. The van der Waals surface area contributed by atoms with Crippen molar-refractivity contribution < 1.29 is 14.3 Å². The summed E-state index contributed by atoms with van der Waals surface area (Å²) in [5.74, 6) is 0.393. The van der Waals surface area contributed by atoms with Gasteiger partial charge in [-0.3, -0.25) is 4.79 Å². The first kappa shape index (κ1) is 20.4. The third kappa shape index (κ3) is 4.75. The Hall–Kier alpha value is -2.31. The summed E-state index contributed by atoms with van der Waals surface area (Å²) in [6.07, 6.45) is 1.70. The molecular weight excluding hydrogens is 401 g/mol. The van der Waals surface area contributed by atoms with Gasteiger partial charge in [-0.05, 0) is 36.8 Å². The predicted octanol–water partition coefficient (Wildman–Crippen LogP) is 3.46. The standard InChI is InChI=1S/C20H21Cl2N3O3/c1-2-28-20(27)14-6-7-18(23-13-14)24-8-10-25(11-9-24)19(26)12-15-16(21)4-3-5-17(15)22/h3-7,13H,2,8-12H2,1H3. The van der Waals surface area contributed by atoms with Gasteiger partial charge >= 0.3 is 5.97 Å². The molecule has 0 N–H and O–H groups in total. The van der Waals surface area contributed by atoms with E-state index >= 15 is 0 Å². The number of piperazine rings is 1. The van der Waals surface area contributed by atoms with E-state index in [4.69, 9.17) is 27.9 Å². The van der Waals surface area contributed by atoms with Crippen LogP contribution in [0.15, 0.2) is 36.5 Å². The highest BCUT2D eigenvalue weighted by Crippen LogP contribution is 2.25. The Bertz CT molecular complexity index is 830. The zero-order valence-corrected chi connectivity index (χ0v) is 17.0. The normalized spacial score (nSPS) is 14.1. The fourth-order valence-corrected chi connectivity index (χ4v) is 3.59. The van der Waals surface area contributed by atoms with Crippen molar-refractivity contribution in [3.8, 4) is 0 Å². The van der Waals surface area contributed by atoms with Crippen LogP contribution in [0, 0.1) is 0 Å². The Morgan fingerprint density at radius 2 is 1.75 bits per heavy atom. The van der Waals surface area contributed by atoms with Gasteiger partial charge in [0, 0.05) is 42.4 Å². The van der Waals surface area contributed by atoms with Gasteiger partial charge in [0.1, 0.15) is 5.82 Å². The molecule has 2 aromatic rings. The molecule has 1 saturated heterocycles. The smallest absolute Gasteiger partial charge is 0.339 e. The molecule has 0 unspecified atom stereocenters. The van der Waals surface area contributed by atoms with Crippen molar-refractivity contribution in [1.29, 1.82) is 0 Å². The number of rotatable bonds is 5. The molecule has 2 heterocycles. The van der Waals surface area contributed by atoms with Crippen LogP contribution in [0.1, 0.15) is 22.8 Å². The molecule has 1 fully saturated rings. The van der Waals surface area contributed by atoms with Crippen LogP contribution in [0.25, 0.3) is 0 Å². The molecule has 3 rings (SSSR count). The van der Waals surface area contributed by atoms with Crippen molar-refractivity contribution in [3.63, 3.8) is 0 Å². The lowest BCUT2D eigenvalue weighted by molar-refractivity contribution is -0.130. The minimum atomic E-state index is -0.379. The van der Waals surface area contributed by atoms with Gasteiger partial charge in [0.05, 0.1) is 18.6 Å².